The van der Waals surface area contributed by atoms with Crippen LogP contribution in [0.25, 0.3) is 10.6 Å². The van der Waals surface area contributed by atoms with E-state index in [0.29, 0.717) is 22.9 Å². The summed E-state index contributed by atoms with van der Waals surface area (Å²) in [5, 5.41) is 12.4. The van der Waals surface area contributed by atoms with Crippen LogP contribution in [0.3, 0.4) is 0 Å². The molecule has 122 valence electrons. The van der Waals surface area contributed by atoms with E-state index in [1.165, 1.54) is 17.4 Å². The topological polar surface area (TPSA) is 33.1 Å². The quantitative estimate of drug-likeness (QED) is 0.679. The normalized spacial score (nSPS) is 14.7. The lowest BCUT2D eigenvalue weighted by molar-refractivity contribution is -0.137. The van der Waals surface area contributed by atoms with Gasteiger partial charge in [-0.2, -0.15) is 13.2 Å². The van der Waals surface area contributed by atoms with Gasteiger partial charge in [-0.25, -0.2) is 4.98 Å². The Labute approximate surface area is 140 Å². The van der Waals surface area contributed by atoms with Crippen molar-refractivity contribution in [1.82, 2.24) is 4.98 Å². The molecule has 0 radical (unpaired) electrons. The Hall–Kier alpha value is -1.53. The predicted molar refractivity (Wildman–Crippen MR) is 84.8 cm³/mol. The van der Waals surface area contributed by atoms with Gasteiger partial charge < -0.3 is 5.11 Å². The fraction of sp³-hybridized carbons (Fsp3) is 0.312. The number of hydrogen-bond acceptors (Lipinski definition) is 3. The lowest BCUT2D eigenvalue weighted by Crippen LogP contribution is -2.05. The highest BCUT2D eigenvalue weighted by molar-refractivity contribution is 7.13. The van der Waals surface area contributed by atoms with Gasteiger partial charge in [-0.1, -0.05) is 11.6 Å². The minimum absolute atomic E-state index is 0.223. The summed E-state index contributed by atoms with van der Waals surface area (Å²) in [4.78, 5) is 4.32. The second kappa shape index (κ2) is 6.17. The summed E-state index contributed by atoms with van der Waals surface area (Å²) in [6.45, 7) is 0. The minimum Gasteiger partial charge on any atom is -0.512 e. The van der Waals surface area contributed by atoms with Gasteiger partial charge in [0, 0.05) is 17.4 Å². The lowest BCUT2D eigenvalue weighted by atomic mass is 9.90. The number of alkyl halides is 3. The number of halogens is 4. The van der Waals surface area contributed by atoms with Crippen molar-refractivity contribution in [3.05, 3.63) is 51.2 Å². The summed E-state index contributed by atoms with van der Waals surface area (Å²) < 4.78 is 38.5. The molecular formula is C16H13ClF3NOS. The van der Waals surface area contributed by atoms with E-state index in [9.17, 15) is 18.3 Å². The second-order valence-corrected chi connectivity index (χ2v) is 6.68. The van der Waals surface area contributed by atoms with Crippen LogP contribution < -0.4 is 0 Å². The standard InChI is InChI=1S/C16H13ClF3NOS/c17-13-5-4-10(16(18,19)20)6-12(13)15-21-11(8-23-15)7-14(22)9-2-1-3-9/h4-6,8,22H,1-3,7H2. The molecule has 1 N–H and O–H groups in total. The van der Waals surface area contributed by atoms with Crippen LogP contribution in [0.5, 0.6) is 0 Å². The highest BCUT2D eigenvalue weighted by Gasteiger charge is 2.31. The second-order valence-electron chi connectivity index (χ2n) is 5.42. The zero-order chi connectivity index (χ0) is 16.6. The van der Waals surface area contributed by atoms with Gasteiger partial charge in [0.05, 0.1) is 22.0 Å². The predicted octanol–water partition coefficient (Wildman–Crippen LogP) is 6.02. The largest absolute Gasteiger partial charge is 0.512 e. The summed E-state index contributed by atoms with van der Waals surface area (Å²) in [6.07, 6.45) is -1.22. The molecule has 1 heterocycles. The molecule has 2 nitrogen and oxygen atoms in total. The minimum atomic E-state index is -4.42. The lowest BCUT2D eigenvalue weighted by Gasteiger charge is -2.17. The molecule has 1 fully saturated rings. The molecule has 0 unspecified atom stereocenters. The molecule has 1 aromatic heterocycles. The number of allylic oxidation sites excluding steroid dienone is 2. The molecule has 1 aliphatic carbocycles. The highest BCUT2D eigenvalue weighted by Crippen LogP contribution is 2.37. The van der Waals surface area contributed by atoms with Gasteiger partial charge in [0.25, 0.3) is 0 Å². The van der Waals surface area contributed by atoms with Crippen molar-refractivity contribution in [2.45, 2.75) is 31.9 Å². The molecule has 0 spiro atoms. The summed E-state index contributed by atoms with van der Waals surface area (Å²) in [5.74, 6) is 0.322. The molecule has 0 amide bonds. The van der Waals surface area contributed by atoms with Gasteiger partial charge in [-0.3, -0.25) is 0 Å². The van der Waals surface area contributed by atoms with Gasteiger partial charge in [0.2, 0.25) is 0 Å². The van der Waals surface area contributed by atoms with Gasteiger partial charge >= 0.3 is 6.18 Å². The monoisotopic (exact) mass is 359 g/mol. The van der Waals surface area contributed by atoms with E-state index in [0.717, 1.165) is 37.0 Å². The molecule has 1 aromatic carbocycles. The summed E-state index contributed by atoms with van der Waals surface area (Å²) in [6, 6.07) is 3.19. The van der Waals surface area contributed by atoms with E-state index in [1.54, 1.807) is 5.38 Å². The zero-order valence-corrected chi connectivity index (χ0v) is 13.5. The van der Waals surface area contributed by atoms with E-state index in [2.05, 4.69) is 4.98 Å². The molecule has 0 aliphatic heterocycles. The first kappa shape index (κ1) is 16.3. The fourth-order valence-corrected chi connectivity index (χ4v) is 3.43. The van der Waals surface area contributed by atoms with Crippen LogP contribution in [-0.2, 0) is 12.6 Å². The van der Waals surface area contributed by atoms with Crippen LogP contribution in [-0.4, -0.2) is 10.1 Å². The van der Waals surface area contributed by atoms with E-state index < -0.39 is 11.7 Å². The molecule has 7 heteroatoms. The Bertz CT molecular complexity index is 761. The summed E-state index contributed by atoms with van der Waals surface area (Å²) in [5.41, 5.74) is 1.17. The molecular weight excluding hydrogens is 347 g/mol. The van der Waals surface area contributed by atoms with E-state index >= 15 is 0 Å². The first-order chi connectivity index (χ1) is 10.8. The van der Waals surface area contributed by atoms with Gasteiger partial charge in [0.1, 0.15) is 5.01 Å². The Morgan fingerprint density at radius 3 is 2.65 bits per heavy atom. The molecule has 1 aliphatic rings. The average molecular weight is 360 g/mol. The van der Waals surface area contributed by atoms with Gasteiger partial charge in [-0.05, 0) is 43.0 Å². The number of aromatic nitrogens is 1. The van der Waals surface area contributed by atoms with Crippen LogP contribution in [0.4, 0.5) is 13.2 Å². The van der Waals surface area contributed by atoms with Crippen LogP contribution in [0.15, 0.2) is 34.9 Å². The third kappa shape index (κ3) is 3.53. The maximum Gasteiger partial charge on any atom is 0.416 e. The van der Waals surface area contributed by atoms with E-state index in [4.69, 9.17) is 11.6 Å². The van der Waals surface area contributed by atoms with Crippen molar-refractivity contribution in [3.8, 4) is 10.6 Å². The van der Waals surface area contributed by atoms with Crippen molar-refractivity contribution in [1.29, 1.82) is 0 Å². The molecule has 23 heavy (non-hydrogen) atoms. The van der Waals surface area contributed by atoms with Crippen LogP contribution in [0.2, 0.25) is 5.02 Å². The number of hydrogen-bond donors (Lipinski definition) is 1. The van der Waals surface area contributed by atoms with Crippen molar-refractivity contribution >= 4 is 22.9 Å². The molecule has 0 atom stereocenters. The number of benzene rings is 1. The van der Waals surface area contributed by atoms with Crippen LogP contribution in [0.1, 0.15) is 30.5 Å². The Morgan fingerprint density at radius 2 is 2.04 bits per heavy atom. The number of rotatable bonds is 3. The number of thiazole rings is 1. The molecule has 2 aromatic rings. The van der Waals surface area contributed by atoms with Crippen molar-refractivity contribution < 1.29 is 18.3 Å². The third-order valence-electron chi connectivity index (χ3n) is 3.79. The molecule has 3 rings (SSSR count). The highest BCUT2D eigenvalue weighted by atomic mass is 35.5. The maximum atomic E-state index is 12.8. The van der Waals surface area contributed by atoms with Gasteiger partial charge in [-0.15, -0.1) is 11.3 Å². The molecule has 0 saturated heterocycles. The Kier molecular flexibility index (Phi) is 4.38. The number of aliphatic hydroxyl groups excluding tert-OH is 1. The fourth-order valence-electron chi connectivity index (χ4n) is 2.32. The van der Waals surface area contributed by atoms with E-state index in [-0.39, 0.29) is 10.6 Å². The molecule has 0 bridgehead atoms. The van der Waals surface area contributed by atoms with Crippen LogP contribution >= 0.6 is 22.9 Å². The van der Waals surface area contributed by atoms with Crippen LogP contribution in [0, 0.1) is 0 Å². The van der Waals surface area contributed by atoms with E-state index in [1.807, 2.05) is 0 Å². The summed E-state index contributed by atoms with van der Waals surface area (Å²) in [7, 11) is 0. The summed E-state index contributed by atoms with van der Waals surface area (Å²) >= 11 is 7.24. The Morgan fingerprint density at radius 1 is 1.30 bits per heavy atom. The zero-order valence-electron chi connectivity index (χ0n) is 12.0. The first-order valence-electron chi connectivity index (χ1n) is 7.06. The smallest absolute Gasteiger partial charge is 0.416 e. The average Bonchev–Trinajstić information content (AvgIpc) is 2.83. The maximum absolute atomic E-state index is 12.8. The SMILES string of the molecule is OC(Cc1csc(-c2cc(C(F)(F)F)ccc2Cl)n1)=C1CCC1. The van der Waals surface area contributed by atoms with Crippen molar-refractivity contribution in [2.75, 3.05) is 0 Å². The first-order valence-corrected chi connectivity index (χ1v) is 8.32. The van der Waals surface area contributed by atoms with Crippen molar-refractivity contribution in [3.63, 3.8) is 0 Å². The third-order valence-corrected chi connectivity index (χ3v) is 5.04. The Balaban J connectivity index is 1.88. The number of nitrogens with zero attached hydrogens (tertiary/aromatic N) is 1. The van der Waals surface area contributed by atoms with Gasteiger partial charge in [0.15, 0.2) is 0 Å². The number of aliphatic hydroxyl groups is 1. The molecule has 1 saturated carbocycles. The van der Waals surface area contributed by atoms with Crippen molar-refractivity contribution in [2.24, 2.45) is 0 Å².